The van der Waals surface area contributed by atoms with Crippen LogP contribution in [0.4, 0.5) is 17.5 Å². The normalized spacial score (nSPS) is 15.2. The van der Waals surface area contributed by atoms with E-state index in [4.69, 9.17) is 5.84 Å². The highest BCUT2D eigenvalue weighted by Gasteiger charge is 2.18. The van der Waals surface area contributed by atoms with Crippen LogP contribution < -0.4 is 21.1 Å². The number of anilines is 3. The van der Waals surface area contributed by atoms with Gasteiger partial charge in [0.1, 0.15) is 17.5 Å². The highest BCUT2D eigenvalue weighted by atomic mass is 15.3. The molecule has 3 rings (SSSR count). The number of hydrazine groups is 1. The van der Waals surface area contributed by atoms with Crippen LogP contribution in [0, 0.1) is 0 Å². The Morgan fingerprint density at radius 3 is 2.25 bits per heavy atom. The van der Waals surface area contributed by atoms with Crippen molar-refractivity contribution in [3.05, 3.63) is 42.6 Å². The third-order valence-electron chi connectivity index (χ3n) is 3.46. The van der Waals surface area contributed by atoms with Crippen LogP contribution >= 0.6 is 0 Å². The summed E-state index contributed by atoms with van der Waals surface area (Å²) in [5.74, 6) is 8.09. The van der Waals surface area contributed by atoms with Crippen LogP contribution in [0.5, 0.6) is 0 Å². The van der Waals surface area contributed by atoms with Gasteiger partial charge in [-0.3, -0.25) is 0 Å². The fraction of sp³-hybridized carbons (Fsp3) is 0.286. The lowest BCUT2D eigenvalue weighted by atomic mass is 10.3. The summed E-state index contributed by atoms with van der Waals surface area (Å²) in [7, 11) is 0. The first-order valence-electron chi connectivity index (χ1n) is 6.71. The number of nitrogens with one attached hydrogen (secondary N) is 1. The summed E-state index contributed by atoms with van der Waals surface area (Å²) >= 11 is 0. The largest absolute Gasteiger partial charge is 0.353 e. The number of nitrogens with zero attached hydrogens (tertiary/aromatic N) is 4. The molecule has 0 amide bonds. The van der Waals surface area contributed by atoms with Gasteiger partial charge in [-0.2, -0.15) is 0 Å². The van der Waals surface area contributed by atoms with Gasteiger partial charge in [0.2, 0.25) is 0 Å². The van der Waals surface area contributed by atoms with Crippen molar-refractivity contribution in [2.24, 2.45) is 5.84 Å². The molecule has 1 aliphatic rings. The van der Waals surface area contributed by atoms with Crippen LogP contribution in [0.15, 0.2) is 42.6 Å². The summed E-state index contributed by atoms with van der Waals surface area (Å²) in [6.45, 7) is 3.74. The highest BCUT2D eigenvalue weighted by Crippen LogP contribution is 2.18. The second-order valence-corrected chi connectivity index (χ2v) is 4.69. The summed E-state index contributed by atoms with van der Waals surface area (Å²) in [4.78, 5) is 13.4. The topological polar surface area (TPSA) is 70.3 Å². The zero-order chi connectivity index (χ0) is 13.8. The molecule has 2 aromatic heterocycles. The number of nitrogens with two attached hydrogens (primary N) is 1. The molecule has 6 nitrogen and oxygen atoms in total. The van der Waals surface area contributed by atoms with Crippen molar-refractivity contribution in [2.75, 3.05) is 41.4 Å². The second-order valence-electron chi connectivity index (χ2n) is 4.69. The first-order valence-corrected chi connectivity index (χ1v) is 6.71. The molecule has 0 bridgehead atoms. The van der Waals surface area contributed by atoms with Gasteiger partial charge >= 0.3 is 0 Å². The molecule has 2 aromatic rings. The van der Waals surface area contributed by atoms with Crippen LogP contribution in [0.1, 0.15) is 0 Å². The Bertz CT molecular complexity index is 551. The summed E-state index contributed by atoms with van der Waals surface area (Å²) in [5.41, 5.74) is 2.58. The summed E-state index contributed by atoms with van der Waals surface area (Å²) in [5, 5.41) is 0. The molecule has 3 N–H and O–H groups in total. The zero-order valence-corrected chi connectivity index (χ0v) is 11.2. The molecule has 0 atom stereocenters. The predicted molar refractivity (Wildman–Crippen MR) is 80.7 cm³/mol. The van der Waals surface area contributed by atoms with E-state index in [0.29, 0.717) is 5.82 Å². The molecule has 1 saturated heterocycles. The lowest BCUT2D eigenvalue weighted by molar-refractivity contribution is 0.642. The summed E-state index contributed by atoms with van der Waals surface area (Å²) in [6.07, 6.45) is 1.83. The van der Waals surface area contributed by atoms with Crippen molar-refractivity contribution in [3.8, 4) is 0 Å². The number of piperazine rings is 1. The Labute approximate surface area is 118 Å². The van der Waals surface area contributed by atoms with Crippen molar-refractivity contribution in [3.63, 3.8) is 0 Å². The third-order valence-corrected chi connectivity index (χ3v) is 3.46. The molecule has 0 radical (unpaired) electrons. The molecular weight excluding hydrogens is 252 g/mol. The molecule has 0 unspecified atom stereocenters. The van der Waals surface area contributed by atoms with Crippen molar-refractivity contribution in [1.29, 1.82) is 0 Å². The van der Waals surface area contributed by atoms with Gasteiger partial charge in [0.05, 0.1) is 0 Å². The average molecular weight is 270 g/mol. The molecule has 0 spiro atoms. The quantitative estimate of drug-likeness (QED) is 0.642. The van der Waals surface area contributed by atoms with Crippen molar-refractivity contribution in [1.82, 2.24) is 9.97 Å². The first-order chi connectivity index (χ1) is 9.86. The molecule has 0 aromatic carbocycles. The molecule has 1 aliphatic heterocycles. The highest BCUT2D eigenvalue weighted by molar-refractivity contribution is 5.48. The second kappa shape index (κ2) is 5.75. The number of nitrogen functional groups attached to an aromatic ring is 1. The fourth-order valence-electron chi connectivity index (χ4n) is 2.39. The smallest absolute Gasteiger partial charge is 0.142 e. The maximum atomic E-state index is 5.40. The van der Waals surface area contributed by atoms with Crippen LogP contribution in [0.25, 0.3) is 0 Å². The Kier molecular flexibility index (Phi) is 3.64. The average Bonchev–Trinajstić information content (AvgIpc) is 2.56. The number of hydrogen-bond donors (Lipinski definition) is 2. The molecule has 0 aliphatic carbocycles. The zero-order valence-electron chi connectivity index (χ0n) is 11.2. The summed E-state index contributed by atoms with van der Waals surface area (Å²) in [6, 6.07) is 11.8. The van der Waals surface area contributed by atoms with E-state index in [0.717, 1.165) is 37.8 Å². The van der Waals surface area contributed by atoms with E-state index in [-0.39, 0.29) is 0 Å². The minimum absolute atomic E-state index is 0.689. The van der Waals surface area contributed by atoms with Gasteiger partial charge in [-0.15, -0.1) is 0 Å². The van der Waals surface area contributed by atoms with E-state index in [1.807, 2.05) is 42.6 Å². The van der Waals surface area contributed by atoms with Crippen molar-refractivity contribution < 1.29 is 0 Å². The van der Waals surface area contributed by atoms with Gasteiger partial charge in [-0.05, 0) is 24.3 Å². The molecule has 20 heavy (non-hydrogen) atoms. The molecule has 0 saturated carbocycles. The Morgan fingerprint density at radius 2 is 1.60 bits per heavy atom. The monoisotopic (exact) mass is 270 g/mol. The molecule has 104 valence electrons. The first kappa shape index (κ1) is 12.7. The van der Waals surface area contributed by atoms with Crippen LogP contribution in [0.2, 0.25) is 0 Å². The SMILES string of the molecule is NNc1cccc(N2CCN(c3ccccn3)CC2)n1. The van der Waals surface area contributed by atoms with E-state index in [1.165, 1.54) is 0 Å². The van der Waals surface area contributed by atoms with Gasteiger partial charge in [0.15, 0.2) is 0 Å². The van der Waals surface area contributed by atoms with E-state index in [2.05, 4.69) is 25.2 Å². The Morgan fingerprint density at radius 1 is 0.900 bits per heavy atom. The van der Waals surface area contributed by atoms with Gasteiger partial charge < -0.3 is 15.2 Å². The number of aromatic nitrogens is 2. The Balaban J connectivity index is 1.66. The van der Waals surface area contributed by atoms with E-state index >= 15 is 0 Å². The third kappa shape index (κ3) is 2.65. The van der Waals surface area contributed by atoms with E-state index < -0.39 is 0 Å². The Hall–Kier alpha value is -2.34. The standard InChI is InChI=1S/C14H18N6/c15-18-12-4-3-6-14(17-12)20-10-8-19(9-11-20)13-5-1-2-7-16-13/h1-7H,8-11,15H2,(H,17,18). The maximum Gasteiger partial charge on any atom is 0.142 e. The number of rotatable bonds is 3. The van der Waals surface area contributed by atoms with Crippen LogP contribution in [-0.4, -0.2) is 36.1 Å². The van der Waals surface area contributed by atoms with Gasteiger partial charge in [-0.1, -0.05) is 12.1 Å². The minimum Gasteiger partial charge on any atom is -0.353 e. The van der Waals surface area contributed by atoms with E-state index in [9.17, 15) is 0 Å². The maximum absolute atomic E-state index is 5.40. The molecule has 1 fully saturated rings. The lowest BCUT2D eigenvalue weighted by Crippen LogP contribution is -2.47. The number of pyridine rings is 2. The van der Waals surface area contributed by atoms with Crippen LogP contribution in [-0.2, 0) is 0 Å². The van der Waals surface area contributed by atoms with Gasteiger partial charge in [0, 0.05) is 32.4 Å². The van der Waals surface area contributed by atoms with E-state index in [1.54, 1.807) is 0 Å². The molecule has 3 heterocycles. The minimum atomic E-state index is 0.689. The van der Waals surface area contributed by atoms with Crippen LogP contribution in [0.3, 0.4) is 0 Å². The molecule has 6 heteroatoms. The van der Waals surface area contributed by atoms with Crippen molar-refractivity contribution in [2.45, 2.75) is 0 Å². The lowest BCUT2D eigenvalue weighted by Gasteiger charge is -2.36. The van der Waals surface area contributed by atoms with Gasteiger partial charge in [0.25, 0.3) is 0 Å². The van der Waals surface area contributed by atoms with Gasteiger partial charge in [-0.25, -0.2) is 15.8 Å². The summed E-state index contributed by atoms with van der Waals surface area (Å²) < 4.78 is 0. The number of hydrogen-bond acceptors (Lipinski definition) is 6. The predicted octanol–water partition coefficient (Wildman–Crippen LogP) is 1.09. The molecular formula is C14H18N6. The fourth-order valence-corrected chi connectivity index (χ4v) is 2.39. The van der Waals surface area contributed by atoms with Crippen molar-refractivity contribution >= 4 is 17.5 Å².